The number of rotatable bonds is 6. The maximum absolute atomic E-state index is 13.5. The molecule has 142 valence electrons. The van der Waals surface area contributed by atoms with Crippen LogP contribution in [0.1, 0.15) is 33.9 Å². The Kier molecular flexibility index (Phi) is 6.16. The molecule has 7 heteroatoms. The first-order chi connectivity index (χ1) is 13.0. The molecule has 1 saturated heterocycles. The van der Waals surface area contributed by atoms with E-state index in [0.717, 1.165) is 5.56 Å². The van der Waals surface area contributed by atoms with E-state index in [4.69, 9.17) is 0 Å². The van der Waals surface area contributed by atoms with Crippen molar-refractivity contribution < 1.29 is 14.0 Å². The van der Waals surface area contributed by atoms with Gasteiger partial charge in [-0.3, -0.25) is 9.59 Å². The van der Waals surface area contributed by atoms with Crippen LogP contribution < -0.4 is 21.5 Å². The van der Waals surface area contributed by atoms with Crippen LogP contribution >= 0.6 is 0 Å². The maximum atomic E-state index is 13.5. The van der Waals surface area contributed by atoms with Crippen LogP contribution in [0.5, 0.6) is 0 Å². The van der Waals surface area contributed by atoms with Crippen LogP contribution in [0.3, 0.4) is 0 Å². The van der Waals surface area contributed by atoms with Gasteiger partial charge in [0.2, 0.25) is 5.91 Å². The van der Waals surface area contributed by atoms with E-state index in [2.05, 4.69) is 21.5 Å². The molecule has 27 heavy (non-hydrogen) atoms. The van der Waals surface area contributed by atoms with Gasteiger partial charge in [0.05, 0.1) is 0 Å². The summed E-state index contributed by atoms with van der Waals surface area (Å²) in [5.41, 5.74) is 8.00. The third kappa shape index (κ3) is 4.90. The van der Waals surface area contributed by atoms with Crippen LogP contribution in [-0.2, 0) is 4.79 Å². The molecular weight excluding hydrogens is 347 g/mol. The number of carbonyl (C=O) groups is 2. The highest BCUT2D eigenvalue weighted by molar-refractivity contribution is 5.94. The first-order valence-corrected chi connectivity index (χ1v) is 8.92. The molecule has 2 unspecified atom stereocenters. The van der Waals surface area contributed by atoms with Crippen LogP contribution in [0.15, 0.2) is 48.5 Å². The zero-order valence-electron chi connectivity index (χ0n) is 15.1. The third-order valence-electron chi connectivity index (χ3n) is 4.57. The van der Waals surface area contributed by atoms with E-state index in [1.54, 1.807) is 19.1 Å². The van der Waals surface area contributed by atoms with Gasteiger partial charge in [-0.2, -0.15) is 0 Å². The van der Waals surface area contributed by atoms with Gasteiger partial charge in [-0.05, 0) is 36.6 Å². The molecule has 2 atom stereocenters. The first-order valence-electron chi connectivity index (χ1n) is 8.92. The molecule has 4 N–H and O–H groups in total. The number of aryl methyl sites for hydroxylation is 1. The van der Waals surface area contributed by atoms with E-state index in [0.29, 0.717) is 18.5 Å². The lowest BCUT2D eigenvalue weighted by atomic mass is 10.0. The first kappa shape index (κ1) is 19.0. The number of nitrogens with one attached hydrogen (secondary N) is 4. The molecule has 1 aliphatic rings. The number of hydrogen-bond acceptors (Lipinski definition) is 4. The molecular formula is C20H23FN4O2. The van der Waals surface area contributed by atoms with Crippen molar-refractivity contribution in [1.82, 2.24) is 21.5 Å². The number of amides is 2. The topological polar surface area (TPSA) is 82.3 Å². The molecule has 1 heterocycles. The highest BCUT2D eigenvalue weighted by Gasteiger charge is 2.29. The number of benzene rings is 2. The quantitative estimate of drug-likeness (QED) is 0.582. The Morgan fingerprint density at radius 1 is 1.07 bits per heavy atom. The molecule has 0 saturated carbocycles. The Morgan fingerprint density at radius 3 is 2.56 bits per heavy atom. The van der Waals surface area contributed by atoms with Gasteiger partial charge >= 0.3 is 0 Å². The molecule has 1 fully saturated rings. The minimum atomic E-state index is -0.413. The lowest BCUT2D eigenvalue weighted by molar-refractivity contribution is -0.122. The Balaban J connectivity index is 1.40. The number of hydrazine groups is 1. The SMILES string of the molecule is Cc1ccc(C(=O)NCCNC(=O)C2CC(c3ccccc3)NN2)cc1F. The number of carbonyl (C=O) groups excluding carboxylic acids is 2. The van der Waals surface area contributed by atoms with Gasteiger partial charge in [-0.15, -0.1) is 0 Å². The largest absolute Gasteiger partial charge is 0.353 e. The molecule has 0 aliphatic carbocycles. The molecule has 0 bridgehead atoms. The Labute approximate surface area is 157 Å². The zero-order valence-corrected chi connectivity index (χ0v) is 15.1. The Morgan fingerprint density at radius 2 is 1.81 bits per heavy atom. The molecule has 2 amide bonds. The van der Waals surface area contributed by atoms with Gasteiger partial charge in [0, 0.05) is 24.7 Å². The van der Waals surface area contributed by atoms with E-state index in [1.807, 2.05) is 30.3 Å². The summed E-state index contributed by atoms with van der Waals surface area (Å²) in [6, 6.07) is 14.0. The highest BCUT2D eigenvalue weighted by Crippen LogP contribution is 2.21. The fourth-order valence-corrected chi connectivity index (χ4v) is 2.95. The van der Waals surface area contributed by atoms with Crippen molar-refractivity contribution in [2.45, 2.75) is 25.4 Å². The van der Waals surface area contributed by atoms with Crippen molar-refractivity contribution in [3.8, 4) is 0 Å². The molecule has 0 radical (unpaired) electrons. The van der Waals surface area contributed by atoms with Crippen molar-refractivity contribution in [3.05, 3.63) is 71.0 Å². The lowest BCUT2D eigenvalue weighted by Crippen LogP contribution is -2.45. The van der Waals surface area contributed by atoms with Crippen molar-refractivity contribution in [3.63, 3.8) is 0 Å². The monoisotopic (exact) mass is 370 g/mol. The molecule has 2 aromatic carbocycles. The molecule has 0 spiro atoms. The summed E-state index contributed by atoms with van der Waals surface area (Å²) < 4.78 is 13.5. The van der Waals surface area contributed by atoms with E-state index in [-0.39, 0.29) is 36.0 Å². The summed E-state index contributed by atoms with van der Waals surface area (Å²) in [5.74, 6) is -0.909. The second-order valence-corrected chi connectivity index (χ2v) is 6.55. The molecule has 2 aromatic rings. The summed E-state index contributed by atoms with van der Waals surface area (Å²) in [7, 11) is 0. The standard InChI is InChI=1S/C20H23FN4O2/c1-13-7-8-15(11-16(13)21)19(26)22-9-10-23-20(27)18-12-17(24-25-18)14-5-3-2-4-6-14/h2-8,11,17-18,24-25H,9-10,12H2,1H3,(H,22,26)(H,23,27). The van der Waals surface area contributed by atoms with Crippen LogP contribution in [-0.4, -0.2) is 30.9 Å². The predicted octanol–water partition coefficient (Wildman–Crippen LogP) is 1.59. The summed E-state index contributed by atoms with van der Waals surface area (Å²) in [4.78, 5) is 24.2. The molecule has 3 rings (SSSR count). The Bertz CT molecular complexity index is 813. The van der Waals surface area contributed by atoms with Crippen LogP contribution in [0.25, 0.3) is 0 Å². The van der Waals surface area contributed by atoms with Crippen LogP contribution in [0, 0.1) is 12.7 Å². The fraction of sp³-hybridized carbons (Fsp3) is 0.300. The van der Waals surface area contributed by atoms with Crippen molar-refractivity contribution in [2.24, 2.45) is 0 Å². The summed E-state index contributed by atoms with van der Waals surface area (Å²) in [6.07, 6.45) is 0.644. The van der Waals surface area contributed by atoms with Gasteiger partial charge in [-0.1, -0.05) is 36.4 Å². The van der Waals surface area contributed by atoms with Gasteiger partial charge in [0.15, 0.2) is 0 Å². The smallest absolute Gasteiger partial charge is 0.251 e. The average Bonchev–Trinajstić information content (AvgIpc) is 3.18. The molecule has 6 nitrogen and oxygen atoms in total. The van der Waals surface area contributed by atoms with Gasteiger partial charge in [0.1, 0.15) is 11.9 Å². The highest BCUT2D eigenvalue weighted by atomic mass is 19.1. The normalized spacial score (nSPS) is 18.9. The second kappa shape index (κ2) is 8.75. The van der Waals surface area contributed by atoms with Crippen LogP contribution in [0.2, 0.25) is 0 Å². The summed E-state index contributed by atoms with van der Waals surface area (Å²) in [6.45, 7) is 2.20. The lowest BCUT2D eigenvalue weighted by Gasteiger charge is -2.11. The molecule has 1 aliphatic heterocycles. The van der Waals surface area contributed by atoms with E-state index >= 15 is 0 Å². The number of halogens is 1. The van der Waals surface area contributed by atoms with E-state index in [9.17, 15) is 14.0 Å². The van der Waals surface area contributed by atoms with Crippen LogP contribution in [0.4, 0.5) is 4.39 Å². The maximum Gasteiger partial charge on any atom is 0.251 e. The zero-order chi connectivity index (χ0) is 19.2. The average molecular weight is 370 g/mol. The fourth-order valence-electron chi connectivity index (χ4n) is 2.95. The van der Waals surface area contributed by atoms with Gasteiger partial charge in [0.25, 0.3) is 5.91 Å². The minimum absolute atomic E-state index is 0.0816. The van der Waals surface area contributed by atoms with Crippen molar-refractivity contribution in [2.75, 3.05) is 13.1 Å². The molecule has 0 aromatic heterocycles. The summed E-state index contributed by atoms with van der Waals surface area (Å²) >= 11 is 0. The van der Waals surface area contributed by atoms with Gasteiger partial charge in [-0.25, -0.2) is 15.2 Å². The van der Waals surface area contributed by atoms with Crippen molar-refractivity contribution in [1.29, 1.82) is 0 Å². The second-order valence-electron chi connectivity index (χ2n) is 6.55. The minimum Gasteiger partial charge on any atom is -0.353 e. The van der Waals surface area contributed by atoms with Crippen molar-refractivity contribution >= 4 is 11.8 Å². The predicted molar refractivity (Wildman–Crippen MR) is 100 cm³/mol. The Hall–Kier alpha value is -2.77. The van der Waals surface area contributed by atoms with Gasteiger partial charge < -0.3 is 10.6 Å². The number of hydrogen-bond donors (Lipinski definition) is 4. The summed E-state index contributed by atoms with van der Waals surface area (Å²) in [5, 5.41) is 5.46. The van der Waals surface area contributed by atoms with E-state index in [1.165, 1.54) is 6.07 Å². The van der Waals surface area contributed by atoms with E-state index < -0.39 is 5.82 Å². The third-order valence-corrected chi connectivity index (χ3v) is 4.57.